The lowest BCUT2D eigenvalue weighted by atomic mass is 9.33. The molecule has 0 bridgehead atoms. The molecule has 8 heteroatoms. The van der Waals surface area contributed by atoms with E-state index in [4.69, 9.17) is 4.74 Å². The van der Waals surface area contributed by atoms with E-state index in [-0.39, 0.29) is 57.3 Å². The van der Waals surface area contributed by atoms with Crippen LogP contribution in [0.2, 0.25) is 0 Å². The molecule has 1 aromatic carbocycles. The number of fused-ring (bicyclic) bond motifs is 7. The van der Waals surface area contributed by atoms with Crippen LogP contribution >= 0.6 is 0 Å². The molecular weight excluding hydrogens is 596 g/mol. The smallest absolute Gasteiger partial charge is 0.333 e. The summed E-state index contributed by atoms with van der Waals surface area (Å²) in [5.41, 5.74) is -0.467. The Labute approximate surface area is 278 Å². The summed E-state index contributed by atoms with van der Waals surface area (Å²) in [7, 11) is 0. The van der Waals surface area contributed by atoms with Crippen molar-refractivity contribution in [1.29, 1.82) is 0 Å². The Hall–Kier alpha value is -2.84. The van der Waals surface area contributed by atoms with Gasteiger partial charge in [0.15, 0.2) is 11.5 Å². The topological polar surface area (TPSA) is 145 Å². The van der Waals surface area contributed by atoms with Crippen LogP contribution in [0.1, 0.15) is 112 Å². The number of ether oxygens (including phenoxy) is 1. The maximum atomic E-state index is 13.1. The number of carboxylic acids is 1. The Bertz CT molecular complexity index is 1540. The number of hydrogen-bond donors (Lipinski definition) is 5. The Balaban J connectivity index is 1.31. The van der Waals surface area contributed by atoms with Gasteiger partial charge < -0.3 is 30.3 Å². The molecule has 5 aliphatic rings. The predicted octanol–water partition coefficient (Wildman–Crippen LogP) is 7.20. The number of aromatic hydroxyl groups is 2. The summed E-state index contributed by atoms with van der Waals surface area (Å²) in [4.78, 5) is 26.0. The lowest BCUT2D eigenvalue weighted by molar-refractivity contribution is -0.352. The highest BCUT2D eigenvalue weighted by molar-refractivity contribution is 5.87. The van der Waals surface area contributed by atoms with E-state index in [0.717, 1.165) is 51.0 Å². The van der Waals surface area contributed by atoms with Gasteiger partial charge in [0.2, 0.25) is 5.79 Å². The van der Waals surface area contributed by atoms with Gasteiger partial charge in [0.05, 0.1) is 5.41 Å². The zero-order valence-corrected chi connectivity index (χ0v) is 29.1. The minimum atomic E-state index is -2.12. The van der Waals surface area contributed by atoms with Crippen LogP contribution in [0.5, 0.6) is 11.5 Å². The van der Waals surface area contributed by atoms with Crippen molar-refractivity contribution in [3.8, 4) is 11.5 Å². The number of phenolic OH excluding ortho intramolecular Hbond substituents is 2. The highest BCUT2D eigenvalue weighted by Crippen LogP contribution is 2.76. The van der Waals surface area contributed by atoms with Crippen LogP contribution in [0.4, 0.5) is 0 Å². The van der Waals surface area contributed by atoms with Gasteiger partial charge >= 0.3 is 11.9 Å². The van der Waals surface area contributed by atoms with Crippen molar-refractivity contribution in [2.45, 2.75) is 118 Å². The molecular formula is C39H54O8. The third kappa shape index (κ3) is 4.67. The van der Waals surface area contributed by atoms with Gasteiger partial charge in [-0.1, -0.05) is 66.2 Å². The van der Waals surface area contributed by atoms with Gasteiger partial charge in [-0.2, -0.15) is 0 Å². The molecule has 0 aromatic heterocycles. The molecule has 1 aromatic rings. The summed E-state index contributed by atoms with van der Waals surface area (Å²) < 4.78 is 5.76. The molecule has 4 fully saturated rings. The molecule has 0 spiro atoms. The average Bonchev–Trinajstić information content (AvgIpc) is 2.97. The molecule has 4 saturated carbocycles. The average molecular weight is 651 g/mol. The van der Waals surface area contributed by atoms with Crippen LogP contribution < -0.4 is 0 Å². The third-order valence-electron chi connectivity index (χ3n) is 14.9. The zero-order chi connectivity index (χ0) is 34.6. The van der Waals surface area contributed by atoms with Crippen molar-refractivity contribution in [1.82, 2.24) is 0 Å². The summed E-state index contributed by atoms with van der Waals surface area (Å²) in [6, 6.07) is 4.16. The number of aliphatic hydroxyl groups excluding tert-OH is 1. The van der Waals surface area contributed by atoms with E-state index in [1.807, 2.05) is 13.8 Å². The molecule has 0 saturated heterocycles. The number of rotatable bonds is 4. The van der Waals surface area contributed by atoms with Crippen molar-refractivity contribution in [3.63, 3.8) is 0 Å². The number of allylic oxidation sites excluding steroid dienone is 2. The molecule has 5 aliphatic carbocycles. The molecule has 0 heterocycles. The number of aliphatic carboxylic acids is 1. The number of hydrogen-bond acceptors (Lipinski definition) is 7. The normalized spacial score (nSPS) is 43.5. The number of carbonyl (C=O) groups is 2. The number of benzene rings is 1. The van der Waals surface area contributed by atoms with Crippen molar-refractivity contribution in [3.05, 3.63) is 41.5 Å². The fourth-order valence-corrected chi connectivity index (χ4v) is 11.9. The van der Waals surface area contributed by atoms with Gasteiger partial charge in [-0.25, -0.2) is 4.79 Å². The first-order chi connectivity index (χ1) is 21.7. The van der Waals surface area contributed by atoms with E-state index in [1.54, 1.807) is 0 Å². The fourth-order valence-electron chi connectivity index (χ4n) is 11.9. The van der Waals surface area contributed by atoms with Gasteiger partial charge in [0, 0.05) is 11.5 Å². The highest BCUT2D eigenvalue weighted by Gasteiger charge is 2.73. The van der Waals surface area contributed by atoms with Gasteiger partial charge in [0.1, 0.15) is 6.10 Å². The summed E-state index contributed by atoms with van der Waals surface area (Å²) in [6.07, 6.45) is 10.4. The molecule has 0 amide bonds. The van der Waals surface area contributed by atoms with Crippen LogP contribution in [0, 0.1) is 50.2 Å². The Kier molecular flexibility index (Phi) is 7.66. The maximum Gasteiger partial charge on any atom is 0.333 e. The molecule has 8 nitrogen and oxygen atoms in total. The van der Waals surface area contributed by atoms with Crippen LogP contribution in [0.3, 0.4) is 0 Å². The number of phenols is 2. The van der Waals surface area contributed by atoms with E-state index in [9.17, 15) is 35.1 Å². The van der Waals surface area contributed by atoms with Gasteiger partial charge in [0.25, 0.3) is 0 Å². The first kappa shape index (κ1) is 34.0. The Morgan fingerprint density at radius 1 is 0.894 bits per heavy atom. The maximum absolute atomic E-state index is 13.1. The standard InChI is InChI=1S/C39H54O8/c1-33(2)16-18-38(32(44)45)19-17-36(6)24(25(38)21-33)10-12-29-35(5)22-30(42)39(46,34(3,4)28(35)14-15-37(29,36)7)47-31(43)13-9-23-8-11-26(40)27(41)20-23/h8-11,13,20,25,28-30,40-42,46H,12,14-19,21-22H2,1-7H3,(H,44,45)/b13-9+/t25-,28-,29+,30?,35-,36+,37+,38-,39-/m0/s1. The highest BCUT2D eigenvalue weighted by atomic mass is 16.7. The summed E-state index contributed by atoms with van der Waals surface area (Å²) in [5, 5.41) is 53.8. The van der Waals surface area contributed by atoms with Crippen LogP contribution in [-0.4, -0.2) is 49.4 Å². The molecule has 0 aliphatic heterocycles. The molecule has 9 atom stereocenters. The fraction of sp³-hybridized carbons (Fsp3) is 0.692. The Morgan fingerprint density at radius 3 is 2.23 bits per heavy atom. The number of carbonyl (C=O) groups excluding carboxylic acids is 1. The summed E-state index contributed by atoms with van der Waals surface area (Å²) >= 11 is 0. The monoisotopic (exact) mass is 650 g/mol. The predicted molar refractivity (Wildman–Crippen MR) is 178 cm³/mol. The number of carboxylic acid groups (broad SMARTS) is 1. The molecule has 0 radical (unpaired) electrons. The van der Waals surface area contributed by atoms with Crippen LogP contribution in [-0.2, 0) is 14.3 Å². The second kappa shape index (κ2) is 10.6. The van der Waals surface area contributed by atoms with Crippen molar-refractivity contribution < 1.29 is 39.9 Å². The van der Waals surface area contributed by atoms with Gasteiger partial charge in [-0.15, -0.1) is 0 Å². The van der Waals surface area contributed by atoms with E-state index in [0.29, 0.717) is 12.0 Å². The van der Waals surface area contributed by atoms with E-state index in [2.05, 4.69) is 40.7 Å². The summed E-state index contributed by atoms with van der Waals surface area (Å²) in [6.45, 7) is 15.4. The van der Waals surface area contributed by atoms with E-state index >= 15 is 0 Å². The molecule has 1 unspecified atom stereocenters. The number of esters is 1. The van der Waals surface area contributed by atoms with Crippen molar-refractivity contribution in [2.24, 2.45) is 50.2 Å². The van der Waals surface area contributed by atoms with Crippen LogP contribution in [0.25, 0.3) is 6.08 Å². The minimum absolute atomic E-state index is 0.0160. The lowest BCUT2D eigenvalue weighted by Crippen LogP contribution is -2.71. The number of aliphatic hydroxyl groups is 2. The molecule has 6 rings (SSSR count). The molecule has 5 N–H and O–H groups in total. The second-order valence-electron chi connectivity index (χ2n) is 17.8. The first-order valence-electron chi connectivity index (χ1n) is 17.4. The SMILES string of the molecule is CC1(C)CC[C@]2(C(=O)O)CC[C@]3(C)C(=CC[C@@H]4[C@@]5(C)CC(O)[C@](O)(OC(=O)/C=C/c6ccc(O)c(O)c6)C(C)(C)[C@@H]5CC[C@]43C)[C@@H]2C1. The van der Waals surface area contributed by atoms with Gasteiger partial charge in [-0.3, -0.25) is 4.79 Å². The van der Waals surface area contributed by atoms with Crippen molar-refractivity contribution >= 4 is 18.0 Å². The van der Waals surface area contributed by atoms with E-state index < -0.39 is 34.7 Å². The minimum Gasteiger partial charge on any atom is -0.504 e. The van der Waals surface area contributed by atoms with Crippen molar-refractivity contribution in [2.75, 3.05) is 0 Å². The molecule has 47 heavy (non-hydrogen) atoms. The molecule has 258 valence electrons. The third-order valence-corrected chi connectivity index (χ3v) is 14.9. The van der Waals surface area contributed by atoms with E-state index in [1.165, 1.54) is 29.8 Å². The Morgan fingerprint density at radius 2 is 1.57 bits per heavy atom. The first-order valence-corrected chi connectivity index (χ1v) is 17.4. The quantitative estimate of drug-likeness (QED) is 0.0757. The summed E-state index contributed by atoms with van der Waals surface area (Å²) in [5.74, 6) is -4.02. The zero-order valence-electron chi connectivity index (χ0n) is 29.1. The van der Waals surface area contributed by atoms with Crippen LogP contribution in [0.15, 0.2) is 35.9 Å². The lowest BCUT2D eigenvalue weighted by Gasteiger charge is -2.72. The largest absolute Gasteiger partial charge is 0.504 e. The second-order valence-corrected chi connectivity index (χ2v) is 17.8. The van der Waals surface area contributed by atoms with Gasteiger partial charge in [-0.05, 0) is 121 Å².